The van der Waals surface area contributed by atoms with Gasteiger partial charge in [-0.2, -0.15) is 0 Å². The van der Waals surface area contributed by atoms with Crippen molar-refractivity contribution in [3.05, 3.63) is 47.2 Å². The Bertz CT molecular complexity index is 848. The van der Waals surface area contributed by atoms with Crippen molar-refractivity contribution >= 4 is 11.7 Å². The molecule has 154 valence electrons. The molecule has 1 fully saturated rings. The Morgan fingerprint density at radius 2 is 2.07 bits per heavy atom. The molecule has 2 aromatic heterocycles. The van der Waals surface area contributed by atoms with Crippen molar-refractivity contribution in [3.8, 4) is 0 Å². The van der Waals surface area contributed by atoms with Gasteiger partial charge in [0.25, 0.3) is 5.91 Å². The quantitative estimate of drug-likeness (QED) is 0.810. The molecule has 2 aliphatic heterocycles. The summed E-state index contributed by atoms with van der Waals surface area (Å²) in [4.78, 5) is 28.5. The van der Waals surface area contributed by atoms with Crippen LogP contribution in [0, 0.1) is 5.92 Å². The number of ether oxygens (including phenoxy) is 1. The second-order valence-electron chi connectivity index (χ2n) is 8.21. The minimum Gasteiger partial charge on any atom is -0.372 e. The van der Waals surface area contributed by atoms with Crippen molar-refractivity contribution in [2.75, 3.05) is 24.5 Å². The summed E-state index contributed by atoms with van der Waals surface area (Å²) in [6.07, 6.45) is 5.47. The van der Waals surface area contributed by atoms with E-state index in [0.29, 0.717) is 24.8 Å². The van der Waals surface area contributed by atoms with Gasteiger partial charge in [-0.15, -0.1) is 0 Å². The van der Waals surface area contributed by atoms with Crippen LogP contribution in [0.25, 0.3) is 0 Å². The van der Waals surface area contributed by atoms with Crippen LogP contribution in [0.15, 0.2) is 24.4 Å². The highest BCUT2D eigenvalue weighted by molar-refractivity contribution is 5.96. The Morgan fingerprint density at radius 3 is 2.79 bits per heavy atom. The molecule has 0 aliphatic carbocycles. The van der Waals surface area contributed by atoms with Gasteiger partial charge in [0.1, 0.15) is 17.3 Å². The summed E-state index contributed by atoms with van der Waals surface area (Å²) >= 11 is 0. The van der Waals surface area contributed by atoms with E-state index in [0.717, 1.165) is 61.7 Å². The summed E-state index contributed by atoms with van der Waals surface area (Å²) in [5.41, 5.74) is 2.52. The third-order valence-corrected chi connectivity index (χ3v) is 5.43. The van der Waals surface area contributed by atoms with Crippen molar-refractivity contribution in [1.82, 2.24) is 20.3 Å². The first kappa shape index (κ1) is 19.8. The molecule has 0 atom stereocenters. The van der Waals surface area contributed by atoms with Crippen molar-refractivity contribution < 1.29 is 9.53 Å². The predicted molar refractivity (Wildman–Crippen MR) is 111 cm³/mol. The maximum Gasteiger partial charge on any atom is 0.270 e. The van der Waals surface area contributed by atoms with Crippen LogP contribution in [0.3, 0.4) is 0 Å². The number of carbonyl (C=O) groups excluding carboxylic acids is 1. The lowest BCUT2D eigenvalue weighted by atomic mass is 10.0. The van der Waals surface area contributed by atoms with Crippen molar-refractivity contribution in [1.29, 1.82) is 0 Å². The number of nitrogens with zero attached hydrogens (tertiary/aromatic N) is 4. The fourth-order valence-corrected chi connectivity index (χ4v) is 3.96. The van der Waals surface area contributed by atoms with Crippen molar-refractivity contribution in [2.45, 2.75) is 52.2 Å². The Balaban J connectivity index is 1.46. The molecule has 0 bridgehead atoms. The van der Waals surface area contributed by atoms with Gasteiger partial charge in [-0.25, -0.2) is 9.97 Å². The zero-order valence-electron chi connectivity index (χ0n) is 17.2. The molecule has 1 N–H and O–H groups in total. The van der Waals surface area contributed by atoms with Gasteiger partial charge in [0.05, 0.1) is 18.4 Å². The molecule has 4 heterocycles. The minimum absolute atomic E-state index is 0.0755. The SMILES string of the molecule is CC(C)Cc1nc2c(c(N3CCC(OCc4ccccn4)CC3)n1)CCNC2=O. The van der Waals surface area contributed by atoms with Crippen LogP contribution < -0.4 is 10.2 Å². The molecule has 0 saturated carbocycles. The number of rotatable bonds is 6. The van der Waals surface area contributed by atoms with E-state index >= 15 is 0 Å². The lowest BCUT2D eigenvalue weighted by molar-refractivity contribution is 0.0233. The van der Waals surface area contributed by atoms with Gasteiger partial charge in [-0.1, -0.05) is 19.9 Å². The molecule has 0 unspecified atom stereocenters. The minimum atomic E-state index is -0.0755. The first-order chi connectivity index (χ1) is 14.1. The maximum absolute atomic E-state index is 12.4. The van der Waals surface area contributed by atoms with Gasteiger partial charge in [0, 0.05) is 37.8 Å². The number of carbonyl (C=O) groups is 1. The van der Waals surface area contributed by atoms with E-state index in [1.54, 1.807) is 6.20 Å². The molecule has 1 amide bonds. The van der Waals surface area contributed by atoms with Gasteiger partial charge in [-0.05, 0) is 37.3 Å². The Labute approximate surface area is 171 Å². The Morgan fingerprint density at radius 1 is 1.24 bits per heavy atom. The smallest absolute Gasteiger partial charge is 0.270 e. The van der Waals surface area contributed by atoms with Crippen LogP contribution in [-0.2, 0) is 24.2 Å². The third-order valence-electron chi connectivity index (χ3n) is 5.43. The van der Waals surface area contributed by atoms with E-state index in [4.69, 9.17) is 9.72 Å². The standard InChI is InChI=1S/C22H29N5O2/c1-15(2)13-19-25-20-18(6-10-24-22(20)28)21(26-19)27-11-7-17(8-12-27)29-14-16-5-3-4-9-23-16/h3-5,9,15,17H,6-8,10-14H2,1-2H3,(H,24,28). The number of pyridine rings is 1. The third kappa shape index (κ3) is 4.72. The van der Waals surface area contributed by atoms with E-state index in [9.17, 15) is 4.79 Å². The van der Waals surface area contributed by atoms with Gasteiger partial charge in [-0.3, -0.25) is 9.78 Å². The van der Waals surface area contributed by atoms with Crippen molar-refractivity contribution in [2.24, 2.45) is 5.92 Å². The molecule has 4 rings (SSSR count). The summed E-state index contributed by atoms with van der Waals surface area (Å²) < 4.78 is 6.07. The lowest BCUT2D eigenvalue weighted by Gasteiger charge is -2.35. The van der Waals surface area contributed by atoms with E-state index in [1.807, 2.05) is 18.2 Å². The fraction of sp³-hybridized carbons (Fsp3) is 0.545. The highest BCUT2D eigenvalue weighted by Crippen LogP contribution is 2.28. The Kier molecular flexibility index (Phi) is 6.04. The van der Waals surface area contributed by atoms with Gasteiger partial charge >= 0.3 is 0 Å². The van der Waals surface area contributed by atoms with E-state index in [-0.39, 0.29) is 12.0 Å². The van der Waals surface area contributed by atoms with Gasteiger partial charge < -0.3 is 15.0 Å². The number of aromatic nitrogens is 3. The number of amides is 1. The van der Waals surface area contributed by atoms with Crippen molar-refractivity contribution in [3.63, 3.8) is 0 Å². The molecule has 7 heteroatoms. The summed E-state index contributed by atoms with van der Waals surface area (Å²) in [5, 5.41) is 2.91. The molecular formula is C22H29N5O2. The van der Waals surface area contributed by atoms with Gasteiger partial charge in [0.15, 0.2) is 0 Å². The number of hydrogen-bond acceptors (Lipinski definition) is 6. The molecular weight excluding hydrogens is 366 g/mol. The number of anilines is 1. The van der Waals surface area contributed by atoms with E-state index in [2.05, 4.69) is 34.0 Å². The zero-order chi connectivity index (χ0) is 20.2. The second-order valence-corrected chi connectivity index (χ2v) is 8.21. The topological polar surface area (TPSA) is 80.2 Å². The van der Waals surface area contributed by atoms with Crippen LogP contribution in [0.2, 0.25) is 0 Å². The first-order valence-corrected chi connectivity index (χ1v) is 10.5. The number of piperidine rings is 1. The van der Waals surface area contributed by atoms with E-state index in [1.165, 1.54) is 0 Å². The fourth-order valence-electron chi connectivity index (χ4n) is 3.96. The predicted octanol–water partition coefficient (Wildman–Crippen LogP) is 2.54. The molecule has 0 spiro atoms. The molecule has 2 aliphatic rings. The second kappa shape index (κ2) is 8.86. The Hall–Kier alpha value is -2.54. The average Bonchev–Trinajstić information content (AvgIpc) is 2.73. The average molecular weight is 396 g/mol. The first-order valence-electron chi connectivity index (χ1n) is 10.5. The van der Waals surface area contributed by atoms with Crippen LogP contribution in [0.1, 0.15) is 54.3 Å². The number of hydrogen-bond donors (Lipinski definition) is 1. The summed E-state index contributed by atoms with van der Waals surface area (Å²) in [5.74, 6) is 2.08. The van der Waals surface area contributed by atoms with Crippen LogP contribution in [0.4, 0.5) is 5.82 Å². The molecule has 7 nitrogen and oxygen atoms in total. The lowest BCUT2D eigenvalue weighted by Crippen LogP contribution is -2.40. The van der Waals surface area contributed by atoms with Crippen LogP contribution >= 0.6 is 0 Å². The summed E-state index contributed by atoms with van der Waals surface area (Å²) in [6, 6.07) is 5.89. The number of fused-ring (bicyclic) bond motifs is 1. The monoisotopic (exact) mass is 395 g/mol. The van der Waals surface area contributed by atoms with Gasteiger partial charge in [0.2, 0.25) is 0 Å². The molecule has 2 aromatic rings. The highest BCUT2D eigenvalue weighted by Gasteiger charge is 2.29. The molecule has 29 heavy (non-hydrogen) atoms. The highest BCUT2D eigenvalue weighted by atomic mass is 16.5. The molecule has 0 aromatic carbocycles. The number of nitrogens with one attached hydrogen (secondary N) is 1. The molecule has 1 saturated heterocycles. The van der Waals surface area contributed by atoms with Crippen LogP contribution in [0.5, 0.6) is 0 Å². The molecule has 0 radical (unpaired) electrons. The normalized spacial score (nSPS) is 17.3. The maximum atomic E-state index is 12.4. The largest absolute Gasteiger partial charge is 0.372 e. The summed E-state index contributed by atoms with van der Waals surface area (Å²) in [7, 11) is 0. The summed E-state index contributed by atoms with van der Waals surface area (Å²) in [6.45, 7) is 7.24. The van der Waals surface area contributed by atoms with E-state index < -0.39 is 0 Å². The zero-order valence-corrected chi connectivity index (χ0v) is 17.2. The van der Waals surface area contributed by atoms with Crippen LogP contribution in [-0.4, -0.2) is 46.6 Å².